The van der Waals surface area contributed by atoms with Gasteiger partial charge in [0.15, 0.2) is 6.54 Å². The van der Waals surface area contributed by atoms with Gasteiger partial charge in [-0.25, -0.2) is 0 Å². The third-order valence-electron chi connectivity index (χ3n) is 3.56. The second kappa shape index (κ2) is 8.97. The number of likely N-dealkylation sites (N-methyl/N-ethyl adjacent to an activating group) is 1. The van der Waals surface area contributed by atoms with E-state index < -0.39 is 0 Å². The molecule has 1 unspecified atom stereocenters. The standard InChI is InChI=1S/C18H21ClN2O2S/c1-21(11-13-4-7-15(24-3)8-5-13)12-18(22)20-16-10-14(19)6-9-17(16)23-2/h4-10H,11-12H2,1-3H3,(H,20,22)/p+1. The molecule has 0 aliphatic heterocycles. The summed E-state index contributed by atoms with van der Waals surface area (Å²) in [5.74, 6) is 0.520. The molecule has 2 N–H and O–H groups in total. The Hall–Kier alpha value is -1.69. The Labute approximate surface area is 152 Å². The molecule has 0 radical (unpaired) electrons. The molecule has 6 heteroatoms. The first-order valence-corrected chi connectivity index (χ1v) is 9.19. The lowest BCUT2D eigenvalue weighted by Gasteiger charge is -2.15. The van der Waals surface area contributed by atoms with Crippen LogP contribution in [0, 0.1) is 0 Å². The van der Waals surface area contributed by atoms with Crippen molar-refractivity contribution in [2.75, 3.05) is 32.3 Å². The lowest BCUT2D eigenvalue weighted by molar-refractivity contribution is -0.885. The lowest BCUT2D eigenvalue weighted by Crippen LogP contribution is -3.08. The molecule has 0 saturated heterocycles. The van der Waals surface area contributed by atoms with E-state index in [4.69, 9.17) is 16.3 Å². The van der Waals surface area contributed by atoms with Crippen LogP contribution in [0.15, 0.2) is 47.4 Å². The fourth-order valence-electron chi connectivity index (χ4n) is 2.40. The van der Waals surface area contributed by atoms with Crippen molar-refractivity contribution in [1.29, 1.82) is 0 Å². The summed E-state index contributed by atoms with van der Waals surface area (Å²) >= 11 is 7.70. The van der Waals surface area contributed by atoms with Crippen LogP contribution in [0.2, 0.25) is 5.02 Å². The number of nitrogens with one attached hydrogen (secondary N) is 2. The van der Waals surface area contributed by atoms with Crippen LogP contribution in [-0.4, -0.2) is 32.9 Å². The second-order valence-electron chi connectivity index (χ2n) is 5.55. The van der Waals surface area contributed by atoms with Crippen molar-refractivity contribution in [3.63, 3.8) is 0 Å². The Morgan fingerprint density at radius 3 is 2.58 bits per heavy atom. The highest BCUT2D eigenvalue weighted by Gasteiger charge is 2.13. The van der Waals surface area contributed by atoms with E-state index in [0.29, 0.717) is 23.0 Å². The van der Waals surface area contributed by atoms with Crippen molar-refractivity contribution >= 4 is 35.0 Å². The summed E-state index contributed by atoms with van der Waals surface area (Å²) in [6.07, 6.45) is 2.06. The lowest BCUT2D eigenvalue weighted by atomic mass is 10.2. The van der Waals surface area contributed by atoms with Gasteiger partial charge in [-0.2, -0.15) is 0 Å². The maximum Gasteiger partial charge on any atom is 0.279 e. The number of rotatable bonds is 7. The number of carbonyl (C=O) groups excluding carboxylic acids is 1. The van der Waals surface area contributed by atoms with Crippen LogP contribution < -0.4 is 15.0 Å². The molecule has 0 bridgehead atoms. The Morgan fingerprint density at radius 1 is 1.25 bits per heavy atom. The fourth-order valence-corrected chi connectivity index (χ4v) is 2.98. The van der Waals surface area contributed by atoms with Crippen molar-refractivity contribution in [2.24, 2.45) is 0 Å². The van der Waals surface area contributed by atoms with Gasteiger partial charge in [-0.3, -0.25) is 4.79 Å². The molecule has 2 rings (SSSR count). The van der Waals surface area contributed by atoms with Crippen LogP contribution in [0.5, 0.6) is 5.75 Å². The summed E-state index contributed by atoms with van der Waals surface area (Å²) in [6, 6.07) is 13.6. The molecule has 0 aliphatic carbocycles. The topological polar surface area (TPSA) is 42.8 Å². The summed E-state index contributed by atoms with van der Waals surface area (Å²) in [4.78, 5) is 14.6. The Balaban J connectivity index is 1.92. The summed E-state index contributed by atoms with van der Waals surface area (Å²) in [7, 11) is 3.56. The highest BCUT2D eigenvalue weighted by molar-refractivity contribution is 7.98. The number of hydrogen-bond donors (Lipinski definition) is 2. The minimum Gasteiger partial charge on any atom is -0.495 e. The highest BCUT2D eigenvalue weighted by Crippen LogP contribution is 2.27. The van der Waals surface area contributed by atoms with Crippen LogP contribution >= 0.6 is 23.4 Å². The summed E-state index contributed by atoms with van der Waals surface area (Å²) < 4.78 is 5.24. The second-order valence-corrected chi connectivity index (χ2v) is 6.87. The number of ether oxygens (including phenoxy) is 1. The number of methoxy groups -OCH3 is 1. The average Bonchev–Trinajstić information content (AvgIpc) is 2.55. The van der Waals surface area contributed by atoms with E-state index in [2.05, 4.69) is 35.8 Å². The van der Waals surface area contributed by atoms with E-state index in [1.807, 2.05) is 7.05 Å². The molecule has 128 valence electrons. The van der Waals surface area contributed by atoms with Crippen LogP contribution in [0.25, 0.3) is 0 Å². The summed E-state index contributed by atoms with van der Waals surface area (Å²) in [6.45, 7) is 1.15. The van der Waals surface area contributed by atoms with Crippen LogP contribution in [0.4, 0.5) is 5.69 Å². The van der Waals surface area contributed by atoms with E-state index in [0.717, 1.165) is 11.4 Å². The van der Waals surface area contributed by atoms with Crippen molar-refractivity contribution < 1.29 is 14.4 Å². The normalized spacial score (nSPS) is 11.8. The maximum absolute atomic E-state index is 12.3. The molecule has 0 fully saturated rings. The molecule has 1 atom stereocenters. The van der Waals surface area contributed by atoms with Crippen molar-refractivity contribution in [3.8, 4) is 5.75 Å². The molecule has 2 aromatic carbocycles. The van der Waals surface area contributed by atoms with Gasteiger partial charge in [0.05, 0.1) is 19.8 Å². The number of amides is 1. The van der Waals surface area contributed by atoms with Crippen molar-refractivity contribution in [2.45, 2.75) is 11.4 Å². The van der Waals surface area contributed by atoms with Gasteiger partial charge in [0, 0.05) is 15.5 Å². The van der Waals surface area contributed by atoms with Crippen molar-refractivity contribution in [3.05, 3.63) is 53.1 Å². The monoisotopic (exact) mass is 365 g/mol. The third kappa shape index (κ3) is 5.44. The zero-order valence-electron chi connectivity index (χ0n) is 14.1. The van der Waals surface area contributed by atoms with E-state index in [1.54, 1.807) is 37.1 Å². The van der Waals surface area contributed by atoms with Crippen LogP contribution in [-0.2, 0) is 11.3 Å². The number of halogens is 1. The summed E-state index contributed by atoms with van der Waals surface area (Å²) in [5, 5.41) is 3.42. The number of anilines is 1. The predicted octanol–water partition coefficient (Wildman–Crippen LogP) is 2.72. The number of thioether (sulfide) groups is 1. The molecule has 4 nitrogen and oxygen atoms in total. The molecular formula is C18H22ClN2O2S+. The van der Waals surface area contributed by atoms with Gasteiger partial charge in [-0.05, 0) is 36.6 Å². The molecule has 1 amide bonds. The molecule has 0 saturated carbocycles. The van der Waals surface area contributed by atoms with Crippen LogP contribution in [0.3, 0.4) is 0 Å². The van der Waals surface area contributed by atoms with E-state index in [1.165, 1.54) is 10.5 Å². The van der Waals surface area contributed by atoms with Gasteiger partial charge in [-0.15, -0.1) is 11.8 Å². The molecule has 0 aliphatic rings. The first-order chi connectivity index (χ1) is 11.5. The Bertz CT molecular complexity index is 692. The molecule has 2 aromatic rings. The molecule has 0 spiro atoms. The predicted molar refractivity (Wildman–Crippen MR) is 100 cm³/mol. The number of hydrogen-bond acceptors (Lipinski definition) is 3. The van der Waals surface area contributed by atoms with Gasteiger partial charge in [0.1, 0.15) is 12.3 Å². The smallest absolute Gasteiger partial charge is 0.279 e. The van der Waals surface area contributed by atoms with Crippen molar-refractivity contribution in [1.82, 2.24) is 0 Å². The largest absolute Gasteiger partial charge is 0.495 e. The van der Waals surface area contributed by atoms with E-state index >= 15 is 0 Å². The van der Waals surface area contributed by atoms with Gasteiger partial charge in [-0.1, -0.05) is 23.7 Å². The third-order valence-corrected chi connectivity index (χ3v) is 4.54. The number of quaternary nitrogens is 1. The quantitative estimate of drug-likeness (QED) is 0.741. The van der Waals surface area contributed by atoms with Gasteiger partial charge < -0.3 is 15.0 Å². The van der Waals surface area contributed by atoms with E-state index in [-0.39, 0.29) is 5.91 Å². The minimum atomic E-state index is -0.0752. The Morgan fingerprint density at radius 2 is 1.96 bits per heavy atom. The Kier molecular flexibility index (Phi) is 6.97. The first kappa shape index (κ1) is 18.6. The zero-order valence-corrected chi connectivity index (χ0v) is 15.6. The number of benzene rings is 2. The average molecular weight is 366 g/mol. The molecule has 0 heterocycles. The summed E-state index contributed by atoms with van der Waals surface area (Å²) in [5.41, 5.74) is 1.80. The fraction of sp³-hybridized carbons (Fsp3) is 0.278. The zero-order chi connectivity index (χ0) is 17.5. The van der Waals surface area contributed by atoms with E-state index in [9.17, 15) is 4.79 Å². The number of carbonyl (C=O) groups is 1. The molecule has 0 aromatic heterocycles. The molecular weight excluding hydrogens is 344 g/mol. The SMILES string of the molecule is COc1ccc(Cl)cc1NC(=O)C[NH+](C)Cc1ccc(SC)cc1. The van der Waals surface area contributed by atoms with Crippen LogP contribution in [0.1, 0.15) is 5.56 Å². The first-order valence-electron chi connectivity index (χ1n) is 7.59. The molecule has 24 heavy (non-hydrogen) atoms. The maximum atomic E-state index is 12.3. The van der Waals surface area contributed by atoms with Gasteiger partial charge >= 0.3 is 0 Å². The highest BCUT2D eigenvalue weighted by atomic mass is 35.5. The van der Waals surface area contributed by atoms with Gasteiger partial charge in [0.2, 0.25) is 0 Å². The minimum absolute atomic E-state index is 0.0752. The van der Waals surface area contributed by atoms with Gasteiger partial charge in [0.25, 0.3) is 5.91 Å².